The number of nitrogens with two attached hydrogens (primary N) is 1. The molecule has 0 aromatic heterocycles. The minimum atomic E-state index is -1.96. The first-order chi connectivity index (χ1) is 11.5. The van der Waals surface area contributed by atoms with E-state index in [1.165, 1.54) is 35.2 Å². The smallest absolute Gasteiger partial charge is 0.187 e. The Morgan fingerprint density at radius 3 is 2.75 bits per heavy atom. The summed E-state index contributed by atoms with van der Waals surface area (Å²) in [6.07, 6.45) is 6.51. The molecule has 1 aliphatic heterocycles. The summed E-state index contributed by atoms with van der Waals surface area (Å²) in [7, 11) is 0. The molecule has 2 aliphatic carbocycles. The molecule has 2 atom stereocenters. The number of hydrogen-bond donors (Lipinski definition) is 2. The van der Waals surface area contributed by atoms with Crippen molar-refractivity contribution >= 4 is 17.2 Å². The highest BCUT2D eigenvalue weighted by atomic mass is 32.2. The molecule has 0 spiro atoms. The Morgan fingerprint density at radius 2 is 2.12 bits per heavy atom. The number of allylic oxidation sites excluding steroid dienone is 1. The standard InChI is InChI=1S/C19H26N2O2S/c1-11(2)9-21-10-15-14(8-17(21)12-3-4-12)18(24(22)23)7-13-5-6-16(20)19(13)15/h7-8,11-12,16H,3-6,9-10,20H2,1-2H3,(H,22,23)/t16-/m0/s1. The van der Waals surface area contributed by atoms with Crippen LogP contribution < -0.4 is 5.73 Å². The summed E-state index contributed by atoms with van der Waals surface area (Å²) >= 11 is -1.96. The van der Waals surface area contributed by atoms with Crippen LogP contribution >= 0.6 is 0 Å². The maximum absolute atomic E-state index is 11.9. The van der Waals surface area contributed by atoms with Crippen LogP contribution in [0.1, 0.15) is 61.4 Å². The largest absolute Gasteiger partial charge is 0.370 e. The fourth-order valence-corrected chi connectivity index (χ4v) is 4.90. The third kappa shape index (κ3) is 2.72. The molecule has 1 fully saturated rings. The maximum Gasteiger partial charge on any atom is 0.187 e. The molecule has 0 radical (unpaired) electrons. The molecule has 0 bridgehead atoms. The topological polar surface area (TPSA) is 66.6 Å². The van der Waals surface area contributed by atoms with Crippen molar-refractivity contribution in [1.29, 1.82) is 0 Å². The SMILES string of the molecule is CC(C)CN1Cc2c(c(S(=O)O)cc3c2[C@@H](N)CC3)C=C1C1CC1. The van der Waals surface area contributed by atoms with Gasteiger partial charge in [-0.2, -0.15) is 0 Å². The monoisotopic (exact) mass is 346 g/mol. The number of aryl methyl sites for hydroxylation is 1. The highest BCUT2D eigenvalue weighted by molar-refractivity contribution is 7.79. The van der Waals surface area contributed by atoms with Crippen molar-refractivity contribution in [2.24, 2.45) is 17.6 Å². The number of nitrogens with zero attached hydrogens (tertiary/aromatic N) is 1. The molecule has 1 saturated carbocycles. The fraction of sp³-hybridized carbons (Fsp3) is 0.579. The number of fused-ring (bicyclic) bond motifs is 3. The molecule has 1 aromatic rings. The van der Waals surface area contributed by atoms with Gasteiger partial charge in [-0.3, -0.25) is 0 Å². The lowest BCUT2D eigenvalue weighted by Crippen LogP contribution is -2.32. The third-order valence-corrected chi connectivity index (χ3v) is 6.15. The lowest BCUT2D eigenvalue weighted by atomic mass is 9.91. The molecular weight excluding hydrogens is 320 g/mol. The van der Waals surface area contributed by atoms with E-state index in [1.807, 2.05) is 6.07 Å². The van der Waals surface area contributed by atoms with Crippen LogP contribution in [0.15, 0.2) is 16.7 Å². The molecular formula is C19H26N2O2S. The first kappa shape index (κ1) is 16.3. The molecule has 24 heavy (non-hydrogen) atoms. The summed E-state index contributed by atoms with van der Waals surface area (Å²) in [6.45, 7) is 6.35. The van der Waals surface area contributed by atoms with Crippen molar-refractivity contribution in [3.63, 3.8) is 0 Å². The second kappa shape index (κ2) is 5.97. The Labute approximate surface area is 146 Å². The minimum Gasteiger partial charge on any atom is -0.370 e. The Bertz CT molecular complexity index is 737. The van der Waals surface area contributed by atoms with E-state index in [0.29, 0.717) is 16.7 Å². The molecule has 130 valence electrons. The van der Waals surface area contributed by atoms with Crippen LogP contribution in [0.2, 0.25) is 0 Å². The molecule has 1 unspecified atom stereocenters. The third-order valence-electron chi connectivity index (χ3n) is 5.44. The highest BCUT2D eigenvalue weighted by Crippen LogP contribution is 2.46. The second-order valence-electron chi connectivity index (χ2n) is 7.85. The van der Waals surface area contributed by atoms with Gasteiger partial charge in [-0.15, -0.1) is 0 Å². The van der Waals surface area contributed by atoms with E-state index < -0.39 is 11.1 Å². The van der Waals surface area contributed by atoms with E-state index in [4.69, 9.17) is 5.73 Å². The van der Waals surface area contributed by atoms with E-state index in [0.717, 1.165) is 31.5 Å². The van der Waals surface area contributed by atoms with Crippen molar-refractivity contribution in [2.45, 2.75) is 57.0 Å². The maximum atomic E-state index is 11.9. The number of benzene rings is 1. The summed E-state index contributed by atoms with van der Waals surface area (Å²) in [5, 5.41) is 0. The highest BCUT2D eigenvalue weighted by Gasteiger charge is 2.36. The Hall–Kier alpha value is -1.17. The first-order valence-corrected chi connectivity index (χ1v) is 10.1. The van der Waals surface area contributed by atoms with Gasteiger partial charge in [-0.1, -0.05) is 13.8 Å². The van der Waals surface area contributed by atoms with E-state index >= 15 is 0 Å². The van der Waals surface area contributed by atoms with Gasteiger partial charge in [0.25, 0.3) is 0 Å². The van der Waals surface area contributed by atoms with Crippen LogP contribution in [0, 0.1) is 11.8 Å². The predicted molar refractivity (Wildman–Crippen MR) is 96.7 cm³/mol. The Kier molecular flexibility index (Phi) is 4.06. The zero-order chi connectivity index (χ0) is 17.0. The summed E-state index contributed by atoms with van der Waals surface area (Å²) in [5.74, 6) is 1.21. The number of rotatable bonds is 4. The molecule has 3 N–H and O–H groups in total. The van der Waals surface area contributed by atoms with Crippen molar-refractivity contribution in [2.75, 3.05) is 6.54 Å². The van der Waals surface area contributed by atoms with Crippen molar-refractivity contribution in [3.8, 4) is 0 Å². The quantitative estimate of drug-likeness (QED) is 0.820. The van der Waals surface area contributed by atoms with Gasteiger partial charge in [0.05, 0.1) is 4.90 Å². The van der Waals surface area contributed by atoms with Gasteiger partial charge < -0.3 is 15.2 Å². The molecule has 1 aromatic carbocycles. The molecule has 3 aliphatic rings. The zero-order valence-corrected chi connectivity index (χ0v) is 15.2. The molecule has 1 heterocycles. The van der Waals surface area contributed by atoms with Crippen molar-refractivity contribution in [3.05, 3.63) is 34.0 Å². The summed E-state index contributed by atoms with van der Waals surface area (Å²) < 4.78 is 21.8. The van der Waals surface area contributed by atoms with Gasteiger partial charge in [-0.25, -0.2) is 4.21 Å². The van der Waals surface area contributed by atoms with Crippen LogP contribution in [0.5, 0.6) is 0 Å². The molecule has 0 saturated heterocycles. The number of hydrogen-bond acceptors (Lipinski definition) is 3. The van der Waals surface area contributed by atoms with E-state index in [1.54, 1.807) is 0 Å². The van der Waals surface area contributed by atoms with Crippen LogP contribution in [0.4, 0.5) is 0 Å². The summed E-state index contributed by atoms with van der Waals surface area (Å²) in [5.41, 5.74) is 12.3. The molecule has 4 rings (SSSR count). The van der Waals surface area contributed by atoms with Gasteiger partial charge in [0.2, 0.25) is 0 Å². The van der Waals surface area contributed by atoms with Crippen LogP contribution in [-0.4, -0.2) is 20.2 Å². The van der Waals surface area contributed by atoms with Gasteiger partial charge in [0.1, 0.15) is 0 Å². The zero-order valence-electron chi connectivity index (χ0n) is 14.4. The Morgan fingerprint density at radius 1 is 1.38 bits per heavy atom. The van der Waals surface area contributed by atoms with E-state index in [2.05, 4.69) is 24.8 Å². The minimum absolute atomic E-state index is 0.0618. The van der Waals surface area contributed by atoms with Crippen LogP contribution in [-0.2, 0) is 24.0 Å². The predicted octanol–water partition coefficient (Wildman–Crippen LogP) is 3.44. The lowest BCUT2D eigenvalue weighted by Gasteiger charge is -2.35. The average molecular weight is 346 g/mol. The summed E-state index contributed by atoms with van der Waals surface area (Å²) in [4.78, 5) is 3.06. The fourth-order valence-electron chi connectivity index (χ4n) is 4.29. The lowest BCUT2D eigenvalue weighted by molar-refractivity contribution is 0.280. The van der Waals surface area contributed by atoms with Gasteiger partial charge in [-0.05, 0) is 71.9 Å². The van der Waals surface area contributed by atoms with Gasteiger partial charge >= 0.3 is 0 Å². The van der Waals surface area contributed by atoms with E-state index in [9.17, 15) is 8.76 Å². The van der Waals surface area contributed by atoms with Crippen molar-refractivity contribution in [1.82, 2.24) is 4.90 Å². The first-order valence-electron chi connectivity index (χ1n) is 8.97. The van der Waals surface area contributed by atoms with Crippen LogP contribution in [0.3, 0.4) is 0 Å². The van der Waals surface area contributed by atoms with Crippen molar-refractivity contribution < 1.29 is 8.76 Å². The van der Waals surface area contributed by atoms with E-state index in [-0.39, 0.29) is 6.04 Å². The normalized spacial score (nSPS) is 24.0. The van der Waals surface area contributed by atoms with Gasteiger partial charge in [0.15, 0.2) is 11.1 Å². The average Bonchev–Trinajstić information content (AvgIpc) is 3.28. The second-order valence-corrected chi connectivity index (χ2v) is 8.79. The molecule has 0 amide bonds. The summed E-state index contributed by atoms with van der Waals surface area (Å²) in [6, 6.07) is 1.99. The molecule has 5 heteroatoms. The van der Waals surface area contributed by atoms with Crippen LogP contribution in [0.25, 0.3) is 6.08 Å². The van der Waals surface area contributed by atoms with Gasteiger partial charge in [0, 0.05) is 24.8 Å². The molecule has 4 nitrogen and oxygen atoms in total. The Balaban J connectivity index is 1.88.